The van der Waals surface area contributed by atoms with Gasteiger partial charge in [-0.25, -0.2) is 4.98 Å². The quantitative estimate of drug-likeness (QED) is 0.679. The molecule has 0 saturated carbocycles. The van der Waals surface area contributed by atoms with E-state index < -0.39 is 0 Å². The Hall–Kier alpha value is -2.20. The molecular weight excluding hydrogens is 286 g/mol. The average Bonchev–Trinajstić information content (AvgIpc) is 2.57. The van der Waals surface area contributed by atoms with E-state index in [2.05, 4.69) is 29.8 Å². The number of likely N-dealkylation sites (N-methyl/N-ethyl adjacent to an activating group) is 1. The molecule has 1 aromatic heterocycles. The lowest BCUT2D eigenvalue weighted by Crippen LogP contribution is -2.32. The monoisotopic (exact) mass is 309 g/mol. The molecule has 0 bridgehead atoms. The number of fused-ring (bicyclic) bond motifs is 2. The average molecular weight is 309 g/mol. The van der Waals surface area contributed by atoms with Crippen LogP contribution in [0.1, 0.15) is 19.7 Å². The largest absolute Gasteiger partial charge is 0.302 e. The van der Waals surface area contributed by atoms with Gasteiger partial charge in [0.1, 0.15) is 5.82 Å². The third-order valence-electron chi connectivity index (χ3n) is 4.55. The zero-order valence-electron chi connectivity index (χ0n) is 14.0. The van der Waals surface area contributed by atoms with Crippen LogP contribution in [-0.2, 0) is 6.54 Å². The van der Waals surface area contributed by atoms with Gasteiger partial charge in [-0.1, -0.05) is 38.1 Å². The first-order chi connectivity index (χ1) is 11.1. The molecule has 0 spiro atoms. The van der Waals surface area contributed by atoms with Gasteiger partial charge in [0.05, 0.1) is 10.9 Å². The van der Waals surface area contributed by atoms with Crippen molar-refractivity contribution < 1.29 is 0 Å². The van der Waals surface area contributed by atoms with Crippen molar-refractivity contribution in [3.05, 3.63) is 52.6 Å². The fraction of sp³-hybridized carbons (Fsp3) is 0.368. The van der Waals surface area contributed by atoms with Crippen molar-refractivity contribution in [3.63, 3.8) is 0 Å². The Morgan fingerprint density at radius 1 is 1.09 bits per heavy atom. The molecule has 0 aliphatic rings. The fourth-order valence-corrected chi connectivity index (χ4v) is 3.06. The van der Waals surface area contributed by atoms with E-state index in [1.165, 1.54) is 0 Å². The molecule has 0 atom stereocenters. The standard InChI is InChI=1S/C19H23N3O/c1-4-21(5-2)10-11-22-14(3)20-18-13-16-9-7-6-8-15(16)12-17(18)19(22)23/h6-9,12-13H,4-5,10-11H2,1-3H3. The topological polar surface area (TPSA) is 38.1 Å². The molecule has 0 N–H and O–H groups in total. The van der Waals surface area contributed by atoms with Crippen LogP contribution in [-0.4, -0.2) is 34.1 Å². The number of hydrogen-bond acceptors (Lipinski definition) is 3. The molecule has 4 nitrogen and oxygen atoms in total. The maximum atomic E-state index is 12.9. The van der Waals surface area contributed by atoms with E-state index in [0.29, 0.717) is 11.9 Å². The third-order valence-corrected chi connectivity index (χ3v) is 4.55. The molecule has 0 aliphatic carbocycles. The highest BCUT2D eigenvalue weighted by Gasteiger charge is 2.10. The predicted molar refractivity (Wildman–Crippen MR) is 96.0 cm³/mol. The van der Waals surface area contributed by atoms with Crippen LogP contribution in [0.5, 0.6) is 0 Å². The summed E-state index contributed by atoms with van der Waals surface area (Å²) in [5, 5.41) is 2.90. The Bertz CT molecular complexity index is 894. The summed E-state index contributed by atoms with van der Waals surface area (Å²) >= 11 is 0. The van der Waals surface area contributed by atoms with Crippen molar-refractivity contribution in [2.24, 2.45) is 0 Å². The van der Waals surface area contributed by atoms with Gasteiger partial charge < -0.3 is 4.90 Å². The zero-order chi connectivity index (χ0) is 16.4. The molecule has 2 aromatic carbocycles. The number of aryl methyl sites for hydroxylation is 1. The molecule has 1 heterocycles. The minimum atomic E-state index is 0.0606. The second-order valence-corrected chi connectivity index (χ2v) is 5.86. The van der Waals surface area contributed by atoms with Crippen LogP contribution in [0.4, 0.5) is 0 Å². The molecule has 0 fully saturated rings. The SMILES string of the molecule is CCN(CC)CCn1c(C)nc2cc3ccccc3cc2c1=O. The van der Waals surface area contributed by atoms with Crippen LogP contribution in [0.3, 0.4) is 0 Å². The van der Waals surface area contributed by atoms with Crippen LogP contribution >= 0.6 is 0 Å². The lowest BCUT2D eigenvalue weighted by atomic mass is 10.1. The van der Waals surface area contributed by atoms with Gasteiger partial charge in [0.15, 0.2) is 0 Å². The summed E-state index contributed by atoms with van der Waals surface area (Å²) < 4.78 is 1.80. The minimum absolute atomic E-state index is 0.0606. The number of hydrogen-bond donors (Lipinski definition) is 0. The van der Waals surface area contributed by atoms with E-state index >= 15 is 0 Å². The summed E-state index contributed by atoms with van der Waals surface area (Å²) in [5.74, 6) is 0.782. The predicted octanol–water partition coefficient (Wildman–Crippen LogP) is 3.20. The number of aromatic nitrogens is 2. The molecule has 0 radical (unpaired) electrons. The third kappa shape index (κ3) is 2.99. The van der Waals surface area contributed by atoms with E-state index in [1.807, 2.05) is 37.3 Å². The van der Waals surface area contributed by atoms with Crippen molar-refractivity contribution in [1.82, 2.24) is 14.5 Å². The van der Waals surface area contributed by atoms with Crippen LogP contribution in [0.25, 0.3) is 21.7 Å². The molecule has 3 aromatic rings. The summed E-state index contributed by atoms with van der Waals surface area (Å²) in [6, 6.07) is 12.1. The van der Waals surface area contributed by atoms with Gasteiger partial charge in [-0.2, -0.15) is 0 Å². The Labute approximate surface area is 136 Å². The maximum Gasteiger partial charge on any atom is 0.261 e. The smallest absolute Gasteiger partial charge is 0.261 e. The molecule has 4 heteroatoms. The van der Waals surface area contributed by atoms with Crippen LogP contribution in [0.15, 0.2) is 41.2 Å². The highest BCUT2D eigenvalue weighted by molar-refractivity contribution is 5.96. The Morgan fingerprint density at radius 2 is 1.74 bits per heavy atom. The first kappa shape index (κ1) is 15.7. The summed E-state index contributed by atoms with van der Waals surface area (Å²) in [7, 11) is 0. The van der Waals surface area contributed by atoms with E-state index in [9.17, 15) is 4.79 Å². The Morgan fingerprint density at radius 3 is 2.39 bits per heavy atom. The van der Waals surface area contributed by atoms with Crippen LogP contribution < -0.4 is 5.56 Å². The molecule has 0 saturated heterocycles. The number of nitrogens with zero attached hydrogens (tertiary/aromatic N) is 3. The molecule has 0 amide bonds. The van der Waals surface area contributed by atoms with Crippen molar-refractivity contribution in [1.29, 1.82) is 0 Å². The zero-order valence-corrected chi connectivity index (χ0v) is 14.0. The number of rotatable bonds is 5. The maximum absolute atomic E-state index is 12.9. The van der Waals surface area contributed by atoms with E-state index in [4.69, 9.17) is 0 Å². The van der Waals surface area contributed by atoms with Crippen LogP contribution in [0, 0.1) is 6.92 Å². The van der Waals surface area contributed by atoms with Crippen molar-refractivity contribution in [2.45, 2.75) is 27.3 Å². The van der Waals surface area contributed by atoms with Gasteiger partial charge in [-0.15, -0.1) is 0 Å². The lowest BCUT2D eigenvalue weighted by molar-refractivity contribution is 0.287. The van der Waals surface area contributed by atoms with Gasteiger partial charge in [-0.3, -0.25) is 9.36 Å². The van der Waals surface area contributed by atoms with Crippen molar-refractivity contribution >= 4 is 21.7 Å². The molecular formula is C19H23N3O. The normalized spacial score (nSPS) is 11.7. The summed E-state index contributed by atoms with van der Waals surface area (Å²) in [6.45, 7) is 9.74. The first-order valence-corrected chi connectivity index (χ1v) is 8.26. The van der Waals surface area contributed by atoms with Gasteiger partial charge in [-0.05, 0) is 42.9 Å². The second kappa shape index (κ2) is 6.50. The summed E-state index contributed by atoms with van der Waals surface area (Å²) in [5.41, 5.74) is 0.843. The Kier molecular flexibility index (Phi) is 4.44. The van der Waals surface area contributed by atoms with E-state index in [1.54, 1.807) is 4.57 Å². The number of benzene rings is 2. The van der Waals surface area contributed by atoms with Crippen molar-refractivity contribution in [3.8, 4) is 0 Å². The lowest BCUT2D eigenvalue weighted by Gasteiger charge is -2.19. The fourth-order valence-electron chi connectivity index (χ4n) is 3.06. The highest BCUT2D eigenvalue weighted by Crippen LogP contribution is 2.19. The molecule has 120 valence electrons. The molecule has 3 rings (SSSR count). The first-order valence-electron chi connectivity index (χ1n) is 8.26. The van der Waals surface area contributed by atoms with Gasteiger partial charge in [0, 0.05) is 13.1 Å². The summed E-state index contributed by atoms with van der Waals surface area (Å²) in [6.07, 6.45) is 0. The van der Waals surface area contributed by atoms with E-state index in [-0.39, 0.29) is 5.56 Å². The van der Waals surface area contributed by atoms with Crippen LogP contribution in [0.2, 0.25) is 0 Å². The highest BCUT2D eigenvalue weighted by atomic mass is 16.1. The Balaban J connectivity index is 2.09. The second-order valence-electron chi connectivity index (χ2n) is 5.86. The van der Waals surface area contributed by atoms with E-state index in [0.717, 1.165) is 41.7 Å². The van der Waals surface area contributed by atoms with Gasteiger partial charge >= 0.3 is 0 Å². The summed E-state index contributed by atoms with van der Waals surface area (Å²) in [4.78, 5) is 19.9. The van der Waals surface area contributed by atoms with Gasteiger partial charge in [0.2, 0.25) is 0 Å². The van der Waals surface area contributed by atoms with Crippen molar-refractivity contribution in [2.75, 3.05) is 19.6 Å². The molecule has 23 heavy (non-hydrogen) atoms. The molecule has 0 aliphatic heterocycles. The van der Waals surface area contributed by atoms with Gasteiger partial charge in [0.25, 0.3) is 5.56 Å². The molecule has 0 unspecified atom stereocenters. The minimum Gasteiger partial charge on any atom is -0.302 e.